The minimum atomic E-state index is -4.21. The van der Waals surface area contributed by atoms with Gasteiger partial charge in [-0.15, -0.1) is 0 Å². The van der Waals surface area contributed by atoms with Crippen LogP contribution in [0.25, 0.3) is 0 Å². The Kier molecular flexibility index (Phi) is 2.86. The summed E-state index contributed by atoms with van der Waals surface area (Å²) < 4.78 is 32.7. The molecule has 1 rings (SSSR count). The SMILES string of the molecule is O=S(=O)(O)OCC1CCCC1. The van der Waals surface area contributed by atoms with Crippen LogP contribution < -0.4 is 0 Å². The molecule has 0 radical (unpaired) electrons. The minimum Gasteiger partial charge on any atom is -0.264 e. The van der Waals surface area contributed by atoms with Gasteiger partial charge >= 0.3 is 10.4 Å². The van der Waals surface area contributed by atoms with Crippen LogP contribution in [0.3, 0.4) is 0 Å². The summed E-state index contributed by atoms with van der Waals surface area (Å²) in [6, 6.07) is 0. The van der Waals surface area contributed by atoms with Crippen molar-refractivity contribution in [3.05, 3.63) is 0 Å². The number of hydrogen-bond acceptors (Lipinski definition) is 3. The maximum Gasteiger partial charge on any atom is 0.397 e. The normalized spacial score (nSPS) is 20.8. The fraction of sp³-hybridized carbons (Fsp3) is 1.00. The summed E-state index contributed by atoms with van der Waals surface area (Å²) in [6.07, 6.45) is 4.30. The molecule has 1 saturated carbocycles. The largest absolute Gasteiger partial charge is 0.397 e. The molecule has 0 heterocycles. The Labute approximate surface area is 66.5 Å². The van der Waals surface area contributed by atoms with Gasteiger partial charge in [0.05, 0.1) is 6.61 Å². The maximum absolute atomic E-state index is 10.1. The van der Waals surface area contributed by atoms with Crippen LogP contribution in [0, 0.1) is 5.92 Å². The third-order valence-corrected chi connectivity index (χ3v) is 2.36. The summed E-state index contributed by atoms with van der Waals surface area (Å²) in [6.45, 7) is 0.138. The van der Waals surface area contributed by atoms with E-state index >= 15 is 0 Å². The van der Waals surface area contributed by atoms with E-state index in [0.29, 0.717) is 5.92 Å². The molecule has 1 aliphatic rings. The first kappa shape index (κ1) is 8.96. The van der Waals surface area contributed by atoms with Gasteiger partial charge in [0, 0.05) is 0 Å². The van der Waals surface area contributed by atoms with Crippen LogP contribution in [0.15, 0.2) is 0 Å². The maximum atomic E-state index is 10.1. The molecule has 4 nitrogen and oxygen atoms in total. The highest BCUT2D eigenvalue weighted by atomic mass is 32.3. The summed E-state index contributed by atoms with van der Waals surface area (Å²) in [5.74, 6) is 0.317. The van der Waals surface area contributed by atoms with E-state index in [2.05, 4.69) is 4.18 Å². The van der Waals surface area contributed by atoms with Crippen molar-refractivity contribution in [1.29, 1.82) is 0 Å². The molecule has 0 amide bonds. The minimum absolute atomic E-state index is 0.138. The van der Waals surface area contributed by atoms with Gasteiger partial charge in [-0.2, -0.15) is 8.42 Å². The molecule has 0 aromatic heterocycles. The average Bonchev–Trinajstić information content (AvgIpc) is 2.32. The Morgan fingerprint density at radius 2 is 1.91 bits per heavy atom. The van der Waals surface area contributed by atoms with E-state index in [1.165, 1.54) is 0 Å². The second-order valence-electron chi connectivity index (χ2n) is 2.86. The first-order chi connectivity index (χ1) is 5.08. The van der Waals surface area contributed by atoms with Crippen molar-refractivity contribution < 1.29 is 17.2 Å². The first-order valence-electron chi connectivity index (χ1n) is 3.70. The molecule has 66 valence electrons. The monoisotopic (exact) mass is 180 g/mol. The molecule has 0 atom stereocenters. The Morgan fingerprint density at radius 3 is 2.36 bits per heavy atom. The summed E-state index contributed by atoms with van der Waals surface area (Å²) in [5.41, 5.74) is 0. The lowest BCUT2D eigenvalue weighted by atomic mass is 10.1. The van der Waals surface area contributed by atoms with Crippen molar-refractivity contribution >= 4 is 10.4 Å². The predicted octanol–water partition coefficient (Wildman–Crippen LogP) is 0.996. The smallest absolute Gasteiger partial charge is 0.264 e. The number of hydrogen-bond donors (Lipinski definition) is 1. The van der Waals surface area contributed by atoms with Crippen molar-refractivity contribution in [2.75, 3.05) is 6.61 Å². The van der Waals surface area contributed by atoms with Crippen LogP contribution in [-0.2, 0) is 14.6 Å². The molecule has 11 heavy (non-hydrogen) atoms. The molecular formula is C6H12O4S. The molecule has 1 aliphatic carbocycles. The van der Waals surface area contributed by atoms with Gasteiger partial charge < -0.3 is 0 Å². The zero-order valence-electron chi connectivity index (χ0n) is 6.19. The van der Waals surface area contributed by atoms with Crippen LogP contribution in [0.1, 0.15) is 25.7 Å². The van der Waals surface area contributed by atoms with Crippen molar-refractivity contribution in [2.24, 2.45) is 5.92 Å². The van der Waals surface area contributed by atoms with Crippen LogP contribution >= 0.6 is 0 Å². The Bertz CT molecular complexity index is 203. The van der Waals surface area contributed by atoms with E-state index in [9.17, 15) is 8.42 Å². The quantitative estimate of drug-likeness (QED) is 0.658. The van der Waals surface area contributed by atoms with Crippen molar-refractivity contribution in [3.8, 4) is 0 Å². The standard InChI is InChI=1S/C6H12O4S/c7-11(8,9)10-5-6-3-1-2-4-6/h6H,1-5H2,(H,7,8,9). The Morgan fingerprint density at radius 1 is 1.36 bits per heavy atom. The topological polar surface area (TPSA) is 63.6 Å². The molecule has 0 unspecified atom stereocenters. The van der Waals surface area contributed by atoms with E-state index in [4.69, 9.17) is 4.55 Å². The highest BCUT2D eigenvalue weighted by Crippen LogP contribution is 2.24. The van der Waals surface area contributed by atoms with Gasteiger partial charge in [0.15, 0.2) is 0 Å². The molecule has 1 N–H and O–H groups in total. The van der Waals surface area contributed by atoms with E-state index in [1.54, 1.807) is 0 Å². The lowest BCUT2D eigenvalue weighted by Gasteiger charge is -2.05. The molecule has 5 heteroatoms. The third kappa shape index (κ3) is 3.69. The van der Waals surface area contributed by atoms with Gasteiger partial charge in [-0.1, -0.05) is 12.8 Å². The molecule has 0 saturated heterocycles. The van der Waals surface area contributed by atoms with Crippen molar-refractivity contribution in [1.82, 2.24) is 0 Å². The van der Waals surface area contributed by atoms with Gasteiger partial charge in [-0.3, -0.25) is 4.55 Å². The van der Waals surface area contributed by atoms with Gasteiger partial charge in [0.1, 0.15) is 0 Å². The summed E-state index contributed by atoms with van der Waals surface area (Å²) in [5, 5.41) is 0. The molecule has 0 aliphatic heterocycles. The third-order valence-electron chi connectivity index (χ3n) is 1.93. The van der Waals surface area contributed by atoms with E-state index in [1.807, 2.05) is 0 Å². The molecule has 0 bridgehead atoms. The lowest BCUT2D eigenvalue weighted by Crippen LogP contribution is -2.10. The van der Waals surface area contributed by atoms with Crippen molar-refractivity contribution in [3.63, 3.8) is 0 Å². The predicted molar refractivity (Wildman–Crippen MR) is 39.5 cm³/mol. The van der Waals surface area contributed by atoms with Crippen LogP contribution in [0.4, 0.5) is 0 Å². The summed E-state index contributed by atoms with van der Waals surface area (Å²) >= 11 is 0. The zero-order valence-corrected chi connectivity index (χ0v) is 7.01. The van der Waals surface area contributed by atoms with Gasteiger partial charge in [-0.05, 0) is 18.8 Å². The first-order valence-corrected chi connectivity index (χ1v) is 5.06. The summed E-state index contributed by atoms with van der Waals surface area (Å²) in [7, 11) is -4.21. The fourth-order valence-electron chi connectivity index (χ4n) is 1.36. The molecule has 0 aromatic carbocycles. The molecule has 0 spiro atoms. The highest BCUT2D eigenvalue weighted by molar-refractivity contribution is 7.80. The van der Waals surface area contributed by atoms with Gasteiger partial charge in [0.25, 0.3) is 0 Å². The fourth-order valence-corrected chi connectivity index (χ4v) is 1.72. The second-order valence-corrected chi connectivity index (χ2v) is 3.95. The molecule has 0 aromatic rings. The van der Waals surface area contributed by atoms with Gasteiger partial charge in [-0.25, -0.2) is 4.18 Å². The Hall–Kier alpha value is -0.130. The zero-order chi connectivity index (χ0) is 8.32. The van der Waals surface area contributed by atoms with Crippen LogP contribution in [-0.4, -0.2) is 19.6 Å². The Balaban J connectivity index is 2.22. The van der Waals surface area contributed by atoms with E-state index in [0.717, 1.165) is 25.7 Å². The van der Waals surface area contributed by atoms with Gasteiger partial charge in [0.2, 0.25) is 0 Å². The molecular weight excluding hydrogens is 168 g/mol. The van der Waals surface area contributed by atoms with E-state index in [-0.39, 0.29) is 6.61 Å². The van der Waals surface area contributed by atoms with Crippen LogP contribution in [0.5, 0.6) is 0 Å². The van der Waals surface area contributed by atoms with E-state index < -0.39 is 10.4 Å². The average molecular weight is 180 g/mol. The lowest BCUT2D eigenvalue weighted by molar-refractivity contribution is 0.224. The van der Waals surface area contributed by atoms with Crippen LogP contribution in [0.2, 0.25) is 0 Å². The highest BCUT2D eigenvalue weighted by Gasteiger charge is 2.17. The second kappa shape index (κ2) is 3.51. The van der Waals surface area contributed by atoms with Crippen molar-refractivity contribution in [2.45, 2.75) is 25.7 Å². The number of rotatable bonds is 3. The summed E-state index contributed by atoms with van der Waals surface area (Å²) in [4.78, 5) is 0. The molecule has 1 fully saturated rings.